The zero-order valence-corrected chi connectivity index (χ0v) is 14.8. The molecule has 4 heteroatoms. The van der Waals surface area contributed by atoms with Crippen LogP contribution in [0.2, 0.25) is 0 Å². The van der Waals surface area contributed by atoms with E-state index in [2.05, 4.69) is 55.3 Å². The number of aliphatic hydroxyl groups excluding tert-OH is 1. The van der Waals surface area contributed by atoms with Crippen molar-refractivity contribution in [3.63, 3.8) is 0 Å². The number of anilines is 1. The predicted octanol–water partition coefficient (Wildman–Crippen LogP) is 2.97. The molecule has 0 saturated carbocycles. The Balaban J connectivity index is 1.77. The number of rotatable bonds is 8. The van der Waals surface area contributed by atoms with Crippen LogP contribution in [0.25, 0.3) is 0 Å². The fourth-order valence-corrected chi connectivity index (χ4v) is 2.88. The summed E-state index contributed by atoms with van der Waals surface area (Å²) in [5.41, 5.74) is 2.64. The van der Waals surface area contributed by atoms with Gasteiger partial charge in [-0.05, 0) is 49.4 Å². The molecule has 23 heavy (non-hydrogen) atoms. The summed E-state index contributed by atoms with van der Waals surface area (Å²) in [5, 5.41) is 12.9. The first kappa shape index (κ1) is 18.2. The molecule has 1 fully saturated rings. The normalized spacial score (nSPS) is 17.3. The minimum Gasteiger partial charge on any atom is -0.396 e. The summed E-state index contributed by atoms with van der Waals surface area (Å²) < 4.78 is 5.40. The third-order valence-electron chi connectivity index (χ3n) is 4.68. The molecule has 0 aromatic heterocycles. The Kier molecular flexibility index (Phi) is 6.88. The summed E-state index contributed by atoms with van der Waals surface area (Å²) in [7, 11) is 0. The Hall–Kier alpha value is -1.10. The molecular weight excluding hydrogens is 288 g/mol. The van der Waals surface area contributed by atoms with Gasteiger partial charge in [0.1, 0.15) is 0 Å². The molecule has 1 unspecified atom stereocenters. The summed E-state index contributed by atoms with van der Waals surface area (Å²) in [5.74, 6) is 0. The van der Waals surface area contributed by atoms with Crippen LogP contribution >= 0.6 is 0 Å². The van der Waals surface area contributed by atoms with Gasteiger partial charge in [0, 0.05) is 31.4 Å². The molecule has 130 valence electrons. The summed E-state index contributed by atoms with van der Waals surface area (Å²) in [6.45, 7) is 11.3. The van der Waals surface area contributed by atoms with Crippen LogP contribution in [0.15, 0.2) is 24.3 Å². The standard InChI is InChI=1S/C19H32N2O2/c1-16(20-10-4-9-19(2,3)15-22)17-5-7-18(8-6-17)21-11-13-23-14-12-21/h5-8,16,20,22H,4,9-15H2,1-3H3. The van der Waals surface area contributed by atoms with Gasteiger partial charge in [-0.3, -0.25) is 0 Å². The number of nitrogens with zero attached hydrogens (tertiary/aromatic N) is 1. The van der Waals surface area contributed by atoms with Crippen molar-refractivity contribution >= 4 is 5.69 Å². The molecule has 1 aliphatic heterocycles. The molecule has 2 rings (SSSR count). The van der Waals surface area contributed by atoms with E-state index in [0.717, 1.165) is 45.7 Å². The Morgan fingerprint density at radius 3 is 2.48 bits per heavy atom. The van der Waals surface area contributed by atoms with Crippen LogP contribution in [0.1, 0.15) is 45.2 Å². The molecule has 0 amide bonds. The van der Waals surface area contributed by atoms with E-state index in [-0.39, 0.29) is 12.0 Å². The van der Waals surface area contributed by atoms with Gasteiger partial charge in [0.15, 0.2) is 0 Å². The molecule has 1 aromatic carbocycles. The smallest absolute Gasteiger partial charge is 0.0642 e. The van der Waals surface area contributed by atoms with Crippen molar-refractivity contribution in [2.24, 2.45) is 5.41 Å². The van der Waals surface area contributed by atoms with Crippen LogP contribution in [0.5, 0.6) is 0 Å². The van der Waals surface area contributed by atoms with Crippen LogP contribution in [0.4, 0.5) is 5.69 Å². The lowest BCUT2D eigenvalue weighted by Gasteiger charge is -2.29. The maximum Gasteiger partial charge on any atom is 0.0642 e. The monoisotopic (exact) mass is 320 g/mol. The van der Waals surface area contributed by atoms with E-state index >= 15 is 0 Å². The number of morpholine rings is 1. The lowest BCUT2D eigenvalue weighted by atomic mass is 9.89. The molecule has 1 aliphatic rings. The van der Waals surface area contributed by atoms with Gasteiger partial charge >= 0.3 is 0 Å². The summed E-state index contributed by atoms with van der Waals surface area (Å²) in [6.07, 6.45) is 2.13. The highest BCUT2D eigenvalue weighted by atomic mass is 16.5. The second kappa shape index (κ2) is 8.67. The van der Waals surface area contributed by atoms with Crippen LogP contribution in [-0.2, 0) is 4.74 Å². The highest BCUT2D eigenvalue weighted by molar-refractivity contribution is 5.48. The van der Waals surface area contributed by atoms with E-state index in [1.165, 1.54) is 11.3 Å². The van der Waals surface area contributed by atoms with Crippen molar-refractivity contribution in [3.05, 3.63) is 29.8 Å². The highest BCUT2D eigenvalue weighted by Crippen LogP contribution is 2.22. The Morgan fingerprint density at radius 2 is 1.87 bits per heavy atom. The van der Waals surface area contributed by atoms with Crippen molar-refractivity contribution in [1.29, 1.82) is 0 Å². The third kappa shape index (κ3) is 5.79. The molecule has 1 atom stereocenters. The Morgan fingerprint density at radius 1 is 1.22 bits per heavy atom. The number of aliphatic hydroxyl groups is 1. The third-order valence-corrected chi connectivity index (χ3v) is 4.68. The number of hydrogen-bond donors (Lipinski definition) is 2. The van der Waals surface area contributed by atoms with E-state index < -0.39 is 0 Å². The fraction of sp³-hybridized carbons (Fsp3) is 0.684. The molecular formula is C19H32N2O2. The van der Waals surface area contributed by atoms with Gasteiger partial charge in [0.2, 0.25) is 0 Å². The molecule has 1 aromatic rings. The van der Waals surface area contributed by atoms with Gasteiger partial charge in [0.05, 0.1) is 13.2 Å². The minimum atomic E-state index is 0.0325. The number of benzene rings is 1. The maximum absolute atomic E-state index is 9.28. The SMILES string of the molecule is CC(NCCCC(C)(C)CO)c1ccc(N2CCOCC2)cc1. The summed E-state index contributed by atoms with van der Waals surface area (Å²) in [6, 6.07) is 9.23. The lowest BCUT2D eigenvalue weighted by Crippen LogP contribution is -2.36. The fourth-order valence-electron chi connectivity index (χ4n) is 2.88. The van der Waals surface area contributed by atoms with Crippen molar-refractivity contribution in [2.45, 2.75) is 39.7 Å². The molecule has 2 N–H and O–H groups in total. The van der Waals surface area contributed by atoms with Crippen LogP contribution in [0.3, 0.4) is 0 Å². The first-order chi connectivity index (χ1) is 11.0. The highest BCUT2D eigenvalue weighted by Gasteiger charge is 2.16. The van der Waals surface area contributed by atoms with E-state index in [0.29, 0.717) is 6.04 Å². The van der Waals surface area contributed by atoms with Gasteiger partial charge < -0.3 is 20.1 Å². The first-order valence-electron chi connectivity index (χ1n) is 8.79. The van der Waals surface area contributed by atoms with Crippen molar-refractivity contribution in [2.75, 3.05) is 44.4 Å². The average molecular weight is 320 g/mol. The van der Waals surface area contributed by atoms with Crippen LogP contribution in [0, 0.1) is 5.41 Å². The Bertz CT molecular complexity index is 453. The molecule has 0 radical (unpaired) electrons. The van der Waals surface area contributed by atoms with Crippen LogP contribution in [-0.4, -0.2) is 44.6 Å². The average Bonchev–Trinajstić information content (AvgIpc) is 2.59. The van der Waals surface area contributed by atoms with Crippen molar-refractivity contribution in [1.82, 2.24) is 5.32 Å². The number of ether oxygens (including phenoxy) is 1. The van der Waals surface area contributed by atoms with Gasteiger partial charge in [0.25, 0.3) is 0 Å². The Labute approximate surface area is 140 Å². The lowest BCUT2D eigenvalue weighted by molar-refractivity contribution is 0.122. The van der Waals surface area contributed by atoms with Gasteiger partial charge in [-0.2, -0.15) is 0 Å². The van der Waals surface area contributed by atoms with Gasteiger partial charge in [-0.25, -0.2) is 0 Å². The molecule has 0 bridgehead atoms. The molecule has 0 aliphatic carbocycles. The maximum atomic E-state index is 9.28. The number of hydrogen-bond acceptors (Lipinski definition) is 4. The van der Waals surface area contributed by atoms with Crippen molar-refractivity contribution < 1.29 is 9.84 Å². The first-order valence-corrected chi connectivity index (χ1v) is 8.79. The zero-order valence-electron chi connectivity index (χ0n) is 14.8. The largest absolute Gasteiger partial charge is 0.396 e. The molecule has 1 saturated heterocycles. The van der Waals surface area contributed by atoms with E-state index in [9.17, 15) is 5.11 Å². The van der Waals surface area contributed by atoms with Gasteiger partial charge in [-0.1, -0.05) is 26.0 Å². The van der Waals surface area contributed by atoms with Gasteiger partial charge in [-0.15, -0.1) is 0 Å². The van der Waals surface area contributed by atoms with Crippen molar-refractivity contribution in [3.8, 4) is 0 Å². The zero-order chi connectivity index (χ0) is 16.7. The van der Waals surface area contributed by atoms with Crippen LogP contribution < -0.4 is 10.2 Å². The number of nitrogens with one attached hydrogen (secondary N) is 1. The van der Waals surface area contributed by atoms with E-state index in [4.69, 9.17) is 4.74 Å². The second-order valence-corrected chi connectivity index (χ2v) is 7.29. The molecule has 1 heterocycles. The predicted molar refractivity (Wildman–Crippen MR) is 96.0 cm³/mol. The second-order valence-electron chi connectivity index (χ2n) is 7.29. The molecule has 0 spiro atoms. The van der Waals surface area contributed by atoms with E-state index in [1.807, 2.05) is 0 Å². The quantitative estimate of drug-likeness (QED) is 0.723. The minimum absolute atomic E-state index is 0.0325. The summed E-state index contributed by atoms with van der Waals surface area (Å²) in [4.78, 5) is 2.38. The topological polar surface area (TPSA) is 44.7 Å². The summed E-state index contributed by atoms with van der Waals surface area (Å²) >= 11 is 0. The van der Waals surface area contributed by atoms with E-state index in [1.54, 1.807) is 0 Å². The molecule has 4 nitrogen and oxygen atoms in total.